The third-order valence-corrected chi connectivity index (χ3v) is 5.54. The average molecular weight is 386 g/mol. The Balaban J connectivity index is 1.93. The Morgan fingerprint density at radius 3 is 2.65 bits per heavy atom. The summed E-state index contributed by atoms with van der Waals surface area (Å²) >= 11 is 2.45. The Labute approximate surface area is 160 Å². The molecule has 1 aromatic heterocycles. The predicted molar refractivity (Wildman–Crippen MR) is 107 cm³/mol. The molecule has 1 heterocycles. The molecular formula is C19H18N2O3S2. The maximum atomic E-state index is 12.7. The molecule has 0 bridgehead atoms. The smallest absolute Gasteiger partial charge is 0.239 e. The van der Waals surface area contributed by atoms with E-state index in [4.69, 9.17) is 4.74 Å². The number of amides is 1. The zero-order valence-electron chi connectivity index (χ0n) is 14.5. The molecule has 0 aliphatic heterocycles. The van der Waals surface area contributed by atoms with Crippen molar-refractivity contribution in [2.24, 2.45) is 0 Å². The van der Waals surface area contributed by atoms with Crippen LogP contribution in [0.1, 0.15) is 12.5 Å². The van der Waals surface area contributed by atoms with Gasteiger partial charge in [0.1, 0.15) is 5.75 Å². The standard InChI is InChI=1S/C19H18N2O3S2/c1-13(22)25-12-18(23)21(11-14-6-4-3-5-7-14)19-20-16-9-8-15(24-2)10-17(16)26-19/h3-10H,11-12H2,1-2H3. The molecule has 0 aliphatic rings. The minimum atomic E-state index is -0.139. The van der Waals surface area contributed by atoms with Gasteiger partial charge in [-0.3, -0.25) is 14.5 Å². The van der Waals surface area contributed by atoms with Gasteiger partial charge in [0, 0.05) is 6.92 Å². The molecule has 3 aromatic rings. The molecule has 5 nitrogen and oxygen atoms in total. The van der Waals surface area contributed by atoms with Crippen LogP contribution in [0.3, 0.4) is 0 Å². The molecule has 26 heavy (non-hydrogen) atoms. The third kappa shape index (κ3) is 4.42. The van der Waals surface area contributed by atoms with E-state index in [1.54, 1.807) is 12.0 Å². The number of hydrogen-bond acceptors (Lipinski definition) is 6. The van der Waals surface area contributed by atoms with Crippen LogP contribution in [0, 0.1) is 0 Å². The molecule has 0 radical (unpaired) electrons. The number of carbonyl (C=O) groups is 2. The van der Waals surface area contributed by atoms with E-state index in [1.807, 2.05) is 48.5 Å². The van der Waals surface area contributed by atoms with Crippen molar-refractivity contribution in [3.63, 3.8) is 0 Å². The minimum Gasteiger partial charge on any atom is -0.497 e. The van der Waals surface area contributed by atoms with Gasteiger partial charge in [0.05, 0.1) is 29.6 Å². The summed E-state index contributed by atoms with van der Waals surface area (Å²) < 4.78 is 6.21. The lowest BCUT2D eigenvalue weighted by molar-refractivity contribution is -0.116. The van der Waals surface area contributed by atoms with Gasteiger partial charge >= 0.3 is 0 Å². The number of hydrogen-bond donors (Lipinski definition) is 0. The number of ether oxygens (including phenoxy) is 1. The van der Waals surface area contributed by atoms with Crippen LogP contribution in [0.2, 0.25) is 0 Å². The van der Waals surface area contributed by atoms with Crippen molar-refractivity contribution in [1.29, 1.82) is 0 Å². The van der Waals surface area contributed by atoms with Crippen molar-refractivity contribution in [2.45, 2.75) is 13.5 Å². The van der Waals surface area contributed by atoms with Gasteiger partial charge < -0.3 is 4.74 Å². The number of nitrogens with zero attached hydrogens (tertiary/aromatic N) is 2. The largest absolute Gasteiger partial charge is 0.497 e. The zero-order valence-corrected chi connectivity index (χ0v) is 16.1. The molecule has 0 saturated heterocycles. The number of benzene rings is 2. The van der Waals surface area contributed by atoms with Crippen LogP contribution in [-0.4, -0.2) is 28.9 Å². The summed E-state index contributed by atoms with van der Waals surface area (Å²) in [6, 6.07) is 15.4. The van der Waals surface area contributed by atoms with Gasteiger partial charge in [-0.05, 0) is 23.8 Å². The van der Waals surface area contributed by atoms with Gasteiger partial charge in [0.15, 0.2) is 10.2 Å². The molecule has 0 unspecified atom stereocenters. The van der Waals surface area contributed by atoms with Gasteiger partial charge in [0.25, 0.3) is 0 Å². The summed E-state index contributed by atoms with van der Waals surface area (Å²) in [4.78, 5) is 30.2. The fourth-order valence-corrected chi connectivity index (χ4v) is 3.90. The maximum absolute atomic E-state index is 12.7. The molecule has 1 amide bonds. The highest BCUT2D eigenvalue weighted by atomic mass is 32.2. The molecule has 134 valence electrons. The van der Waals surface area contributed by atoms with Crippen LogP contribution in [-0.2, 0) is 16.1 Å². The number of methoxy groups -OCH3 is 1. The second-order valence-corrected chi connectivity index (χ2v) is 7.74. The van der Waals surface area contributed by atoms with Crippen LogP contribution in [0.4, 0.5) is 5.13 Å². The average Bonchev–Trinajstić information content (AvgIpc) is 3.07. The molecule has 0 saturated carbocycles. The quantitative estimate of drug-likeness (QED) is 0.638. The van der Waals surface area contributed by atoms with Crippen molar-refractivity contribution >= 4 is 49.5 Å². The first-order chi connectivity index (χ1) is 12.6. The Morgan fingerprint density at radius 2 is 1.96 bits per heavy atom. The Morgan fingerprint density at radius 1 is 1.19 bits per heavy atom. The number of anilines is 1. The van der Waals surface area contributed by atoms with Gasteiger partial charge in [-0.2, -0.15) is 0 Å². The highest BCUT2D eigenvalue weighted by Crippen LogP contribution is 2.32. The minimum absolute atomic E-state index is 0.0768. The van der Waals surface area contributed by atoms with E-state index >= 15 is 0 Å². The van der Waals surface area contributed by atoms with Gasteiger partial charge in [-0.25, -0.2) is 4.98 Å². The molecule has 0 fully saturated rings. The summed E-state index contributed by atoms with van der Waals surface area (Å²) in [5.41, 5.74) is 1.82. The highest BCUT2D eigenvalue weighted by molar-refractivity contribution is 8.14. The van der Waals surface area contributed by atoms with Crippen molar-refractivity contribution in [3.05, 3.63) is 54.1 Å². The van der Waals surface area contributed by atoms with Gasteiger partial charge in [-0.15, -0.1) is 0 Å². The predicted octanol–water partition coefficient (Wildman–Crippen LogP) is 4.12. The van der Waals surface area contributed by atoms with Crippen molar-refractivity contribution in [3.8, 4) is 5.75 Å². The molecule has 0 atom stereocenters. The lowest BCUT2D eigenvalue weighted by atomic mass is 10.2. The van der Waals surface area contributed by atoms with Crippen LogP contribution >= 0.6 is 23.1 Å². The molecule has 7 heteroatoms. The first kappa shape index (κ1) is 18.4. The van der Waals surface area contributed by atoms with E-state index in [2.05, 4.69) is 4.98 Å². The Kier molecular flexibility index (Phi) is 5.90. The van der Waals surface area contributed by atoms with Crippen LogP contribution in [0.5, 0.6) is 5.75 Å². The van der Waals surface area contributed by atoms with Crippen molar-refractivity contribution in [1.82, 2.24) is 4.98 Å². The zero-order chi connectivity index (χ0) is 18.5. The lowest BCUT2D eigenvalue weighted by Gasteiger charge is -2.19. The number of aromatic nitrogens is 1. The number of carbonyl (C=O) groups excluding carboxylic acids is 2. The summed E-state index contributed by atoms with van der Waals surface area (Å²) in [6.45, 7) is 1.87. The SMILES string of the molecule is COc1ccc2nc(N(Cc3ccccc3)C(=O)CSC(C)=O)sc2c1. The summed E-state index contributed by atoms with van der Waals surface area (Å²) in [5, 5.41) is 0.540. The molecular weight excluding hydrogens is 368 g/mol. The topological polar surface area (TPSA) is 59.5 Å². The van der Waals surface area contributed by atoms with Crippen LogP contribution < -0.4 is 9.64 Å². The monoisotopic (exact) mass is 386 g/mol. The fraction of sp³-hybridized carbons (Fsp3) is 0.211. The van der Waals surface area contributed by atoms with Crippen molar-refractivity contribution in [2.75, 3.05) is 17.8 Å². The van der Waals surface area contributed by atoms with E-state index in [-0.39, 0.29) is 16.8 Å². The number of rotatable bonds is 6. The molecule has 0 N–H and O–H groups in total. The highest BCUT2D eigenvalue weighted by Gasteiger charge is 2.21. The molecule has 2 aromatic carbocycles. The Bertz CT molecular complexity index is 925. The lowest BCUT2D eigenvalue weighted by Crippen LogP contribution is -2.32. The summed E-state index contributed by atoms with van der Waals surface area (Å²) in [5.74, 6) is 0.711. The summed E-state index contributed by atoms with van der Waals surface area (Å²) in [7, 11) is 1.62. The normalized spacial score (nSPS) is 10.7. The van der Waals surface area contributed by atoms with Gasteiger partial charge in [0.2, 0.25) is 5.91 Å². The van der Waals surface area contributed by atoms with E-state index in [0.29, 0.717) is 11.7 Å². The number of fused-ring (bicyclic) bond motifs is 1. The number of thioether (sulfide) groups is 1. The Hall–Kier alpha value is -2.38. The fourth-order valence-electron chi connectivity index (χ4n) is 2.40. The van der Waals surface area contributed by atoms with Crippen molar-refractivity contribution < 1.29 is 14.3 Å². The second-order valence-electron chi connectivity index (χ2n) is 5.58. The van der Waals surface area contributed by atoms with Crippen LogP contribution in [0.25, 0.3) is 10.2 Å². The number of thiazole rings is 1. The molecule has 0 spiro atoms. The molecule has 0 aliphatic carbocycles. The maximum Gasteiger partial charge on any atom is 0.239 e. The van der Waals surface area contributed by atoms with E-state index in [1.165, 1.54) is 18.3 Å². The van der Waals surface area contributed by atoms with E-state index < -0.39 is 0 Å². The first-order valence-corrected chi connectivity index (χ1v) is 9.79. The van der Waals surface area contributed by atoms with Crippen LogP contribution in [0.15, 0.2) is 48.5 Å². The first-order valence-electron chi connectivity index (χ1n) is 7.99. The van der Waals surface area contributed by atoms with E-state index in [0.717, 1.165) is 33.3 Å². The second kappa shape index (κ2) is 8.33. The third-order valence-electron chi connectivity index (χ3n) is 3.70. The van der Waals surface area contributed by atoms with Gasteiger partial charge in [-0.1, -0.05) is 53.4 Å². The summed E-state index contributed by atoms with van der Waals surface area (Å²) in [6.07, 6.45) is 0. The molecule has 3 rings (SSSR count). The van der Waals surface area contributed by atoms with E-state index in [9.17, 15) is 9.59 Å².